The average Bonchev–Trinajstić information content (AvgIpc) is 2.01. The van der Waals surface area contributed by atoms with E-state index in [9.17, 15) is 45.3 Å². The summed E-state index contributed by atoms with van der Waals surface area (Å²) in [6.45, 7) is -1.89. The van der Waals surface area contributed by atoms with Gasteiger partial charge < -0.3 is 10.2 Å². The van der Waals surface area contributed by atoms with Gasteiger partial charge in [0.05, 0.1) is 0 Å². The number of halogens is 8. The fourth-order valence-electron chi connectivity index (χ4n) is 0.698. The Kier molecular flexibility index (Phi) is 10.0. The van der Waals surface area contributed by atoms with E-state index in [1.807, 2.05) is 0 Å². The fraction of sp³-hybridized carbons (Fsp3) is 1.00. The van der Waals surface area contributed by atoms with E-state index in [1.165, 1.54) is 0 Å². The first kappa shape index (κ1) is 24.4. The topological polar surface area (TPSA) is 46.1 Å². The number of hydrogen-bond acceptors (Lipinski definition) is 2. The molecule has 0 rings (SSSR count). The van der Waals surface area contributed by atoms with Crippen LogP contribution in [0.5, 0.6) is 0 Å². The maximum atomic E-state index is 12.3. The number of rotatable bonds is 5. The average molecular weight is 306 g/mol. The monoisotopic (exact) mass is 306 g/mol. The van der Waals surface area contributed by atoms with E-state index in [0.717, 1.165) is 0 Å². The predicted octanol–water partition coefficient (Wildman–Crippen LogP) is -5.40. The molecule has 0 radical (unpaired) electrons. The summed E-state index contributed by atoms with van der Waals surface area (Å²) in [6.07, 6.45) is -8.87. The van der Waals surface area contributed by atoms with Gasteiger partial charge in [-0.05, 0) is 0 Å². The van der Waals surface area contributed by atoms with Crippen LogP contribution in [0, 0.1) is 0 Å². The second kappa shape index (κ2) is 7.39. The second-order valence-electron chi connectivity index (χ2n) is 2.82. The Morgan fingerprint density at radius 1 is 0.722 bits per heavy atom. The molecule has 0 heterocycles. The van der Waals surface area contributed by atoms with Gasteiger partial charge in [-0.2, -0.15) is 26.3 Å². The maximum Gasteiger partial charge on any atom is 1.00 e. The van der Waals surface area contributed by atoms with Crippen molar-refractivity contribution in [2.75, 3.05) is 6.61 Å². The molecule has 12 heteroatoms. The van der Waals surface area contributed by atoms with E-state index < -0.39 is 36.9 Å². The molecule has 98 valence electrons. The van der Waals surface area contributed by atoms with Crippen LogP contribution in [0.25, 0.3) is 0 Å². The zero-order valence-electron chi connectivity index (χ0n) is 9.25. The van der Waals surface area contributed by atoms with Crippen molar-refractivity contribution in [1.29, 1.82) is 0 Å². The smallest absolute Gasteiger partial charge is 0.854 e. The Bertz CT molecular complexity index is 254. The molecule has 0 aromatic rings. The van der Waals surface area contributed by atoms with Gasteiger partial charge in [0.15, 0.2) is 0 Å². The van der Waals surface area contributed by atoms with Gasteiger partial charge in [-0.1, -0.05) is 0 Å². The van der Waals surface area contributed by atoms with Gasteiger partial charge in [0, 0.05) is 6.42 Å². The summed E-state index contributed by atoms with van der Waals surface area (Å²) >= 11 is 0. The van der Waals surface area contributed by atoms with Crippen LogP contribution in [0.1, 0.15) is 6.42 Å². The Hall–Kier alpha value is 1.36. The van der Waals surface area contributed by atoms with Crippen molar-refractivity contribution in [3.63, 3.8) is 0 Å². The van der Waals surface area contributed by atoms with Crippen molar-refractivity contribution in [2.45, 2.75) is 30.3 Å². The molecule has 0 unspecified atom stereocenters. The first-order valence-corrected chi connectivity index (χ1v) is 3.61. The van der Waals surface area contributed by atoms with Crippen molar-refractivity contribution in [3.8, 4) is 0 Å². The van der Waals surface area contributed by atoms with Crippen LogP contribution in [0.15, 0.2) is 0 Å². The van der Waals surface area contributed by atoms with Gasteiger partial charge in [-0.25, -0.2) is 8.78 Å². The standard InChI is InChI=1S/C6H4F8O2.2Na/c7-3(8,1-2-15)4(9,10)5(11,12)6(13,14)16;;/h1-2H2;;/q-2;2*+1. The molecule has 0 aromatic carbocycles. The minimum absolute atomic E-state index is 0. The minimum atomic E-state index is -6.79. The molecule has 0 amide bonds. The van der Waals surface area contributed by atoms with E-state index in [4.69, 9.17) is 0 Å². The van der Waals surface area contributed by atoms with Crippen molar-refractivity contribution in [1.82, 2.24) is 0 Å². The summed E-state index contributed by atoms with van der Waals surface area (Å²) in [5.41, 5.74) is 0. The van der Waals surface area contributed by atoms with Gasteiger partial charge in [0.1, 0.15) is 0 Å². The zero-order chi connectivity index (χ0) is 13.4. The van der Waals surface area contributed by atoms with Gasteiger partial charge in [0.2, 0.25) is 0 Å². The van der Waals surface area contributed by atoms with Crippen LogP contribution < -0.4 is 69.3 Å². The van der Waals surface area contributed by atoms with Crippen LogP contribution in [-0.2, 0) is 0 Å². The van der Waals surface area contributed by atoms with Crippen LogP contribution >= 0.6 is 0 Å². The summed E-state index contributed by atoms with van der Waals surface area (Å²) in [7, 11) is 0. The summed E-state index contributed by atoms with van der Waals surface area (Å²) in [4.78, 5) is 0. The van der Waals surface area contributed by atoms with Crippen molar-refractivity contribution in [2.24, 2.45) is 0 Å². The first-order chi connectivity index (χ1) is 6.81. The molecule has 0 aromatic heterocycles. The third-order valence-electron chi connectivity index (χ3n) is 1.64. The molecule has 0 spiro atoms. The second-order valence-corrected chi connectivity index (χ2v) is 2.82. The molecule has 0 fully saturated rings. The molecule has 18 heavy (non-hydrogen) atoms. The van der Waals surface area contributed by atoms with Crippen molar-refractivity contribution in [3.05, 3.63) is 0 Å². The third-order valence-corrected chi connectivity index (χ3v) is 1.64. The summed E-state index contributed by atoms with van der Waals surface area (Å²) in [5.74, 6) is -19.1. The van der Waals surface area contributed by atoms with Gasteiger partial charge >= 0.3 is 76.9 Å². The molecule has 2 nitrogen and oxygen atoms in total. The summed E-state index contributed by atoms with van der Waals surface area (Å²) in [6, 6.07) is 0. The first-order valence-electron chi connectivity index (χ1n) is 3.61. The largest absolute Gasteiger partial charge is 1.00 e. The van der Waals surface area contributed by atoms with Gasteiger partial charge in [0.25, 0.3) is 6.11 Å². The molecule has 0 aliphatic heterocycles. The molecule has 0 saturated carbocycles. The Morgan fingerprint density at radius 2 is 1.06 bits per heavy atom. The number of alkyl halides is 8. The predicted molar refractivity (Wildman–Crippen MR) is 29.3 cm³/mol. The molecular formula is C6H4F8Na2O2. The quantitative estimate of drug-likeness (QED) is 0.376. The third kappa shape index (κ3) is 4.44. The summed E-state index contributed by atoms with van der Waals surface area (Å²) in [5, 5.41) is 19.1. The van der Waals surface area contributed by atoms with E-state index >= 15 is 0 Å². The van der Waals surface area contributed by atoms with Crippen molar-refractivity contribution < 1.29 is 104 Å². The normalized spacial score (nSPS) is 13.7. The van der Waals surface area contributed by atoms with Crippen LogP contribution in [0.3, 0.4) is 0 Å². The van der Waals surface area contributed by atoms with Crippen LogP contribution in [-0.4, -0.2) is 30.5 Å². The van der Waals surface area contributed by atoms with Crippen molar-refractivity contribution >= 4 is 0 Å². The van der Waals surface area contributed by atoms with Gasteiger partial charge in [-0.15, -0.1) is 6.61 Å². The number of hydrogen-bond donors (Lipinski definition) is 0. The maximum absolute atomic E-state index is 12.3. The summed E-state index contributed by atoms with van der Waals surface area (Å²) < 4.78 is 96.7. The Balaban J connectivity index is -0.00000112. The SMILES string of the molecule is [Na+].[Na+].[O-]CCC(F)(F)C(F)(F)C(F)(F)C([O-])(F)F. The molecule has 0 aliphatic rings. The molecule has 0 atom stereocenters. The van der Waals surface area contributed by atoms with E-state index in [2.05, 4.69) is 0 Å². The molecule has 0 saturated heterocycles. The molecule has 0 bridgehead atoms. The van der Waals surface area contributed by atoms with E-state index in [-0.39, 0.29) is 59.1 Å². The minimum Gasteiger partial charge on any atom is -0.854 e. The molecule has 0 N–H and O–H groups in total. The molecular weight excluding hydrogens is 302 g/mol. The Labute approximate surface area is 140 Å². The molecule has 0 aliphatic carbocycles. The fourth-order valence-corrected chi connectivity index (χ4v) is 0.698. The Morgan fingerprint density at radius 3 is 1.28 bits per heavy atom. The van der Waals surface area contributed by atoms with Crippen LogP contribution in [0.4, 0.5) is 35.1 Å². The van der Waals surface area contributed by atoms with Gasteiger partial charge in [-0.3, -0.25) is 0 Å². The zero-order valence-corrected chi connectivity index (χ0v) is 13.3. The van der Waals surface area contributed by atoms with Crippen LogP contribution in [0.2, 0.25) is 0 Å². The van der Waals surface area contributed by atoms with E-state index in [0.29, 0.717) is 0 Å². The van der Waals surface area contributed by atoms with E-state index in [1.54, 1.807) is 0 Å².